The summed E-state index contributed by atoms with van der Waals surface area (Å²) in [6, 6.07) is 0. The zero-order valence-corrected chi connectivity index (χ0v) is 6.46. The fourth-order valence-corrected chi connectivity index (χ4v) is 0.406. The molecular weight excluding hydrogens is 132 g/mol. The smallest absolute Gasteiger partial charge is 0.359 e. The van der Waals surface area contributed by atoms with Crippen LogP contribution in [0.3, 0.4) is 0 Å². The fourth-order valence-electron chi connectivity index (χ4n) is 0.406. The predicted molar refractivity (Wildman–Crippen MR) is 35.5 cm³/mol. The van der Waals surface area contributed by atoms with E-state index in [1.54, 1.807) is 0 Å². The van der Waals surface area contributed by atoms with Crippen molar-refractivity contribution in [2.75, 3.05) is 27.7 Å². The third-order valence-corrected chi connectivity index (χ3v) is 0.610. The van der Waals surface area contributed by atoms with Crippen LogP contribution in [0.25, 0.3) is 0 Å². The topological polar surface area (TPSA) is 61.1 Å². The fraction of sp³-hybridized carbons (Fsp3) is 0.667. The lowest BCUT2D eigenvalue weighted by atomic mass is 10.5. The summed E-state index contributed by atoms with van der Waals surface area (Å²) < 4.78 is 0.481. The molecular formula is C6H12N2O2. The van der Waals surface area contributed by atoms with Crippen molar-refractivity contribution in [3.05, 3.63) is 6.57 Å². The molecule has 0 saturated heterocycles. The highest BCUT2D eigenvalue weighted by Crippen LogP contribution is 1.86. The number of hydrogen-bond acceptors (Lipinski definition) is 2. The zero-order chi connectivity index (χ0) is 8.78. The molecule has 0 unspecified atom stereocenters. The van der Waals surface area contributed by atoms with Crippen LogP contribution < -0.4 is 0 Å². The van der Waals surface area contributed by atoms with Gasteiger partial charge in [0.1, 0.15) is 0 Å². The van der Waals surface area contributed by atoms with Gasteiger partial charge in [0.15, 0.2) is 6.54 Å². The molecule has 0 aliphatic carbocycles. The maximum Gasteiger partial charge on any atom is 0.359 e. The van der Waals surface area contributed by atoms with Gasteiger partial charge in [-0.2, -0.15) is 0 Å². The highest BCUT2D eigenvalue weighted by Gasteiger charge is 2.11. The van der Waals surface area contributed by atoms with Crippen LogP contribution in [0.15, 0.2) is 0 Å². The number of hydrogen-bond donors (Lipinski definition) is 1. The summed E-state index contributed by atoms with van der Waals surface area (Å²) in [6.07, 6.45) is 0. The third-order valence-electron chi connectivity index (χ3n) is 0.610. The summed E-state index contributed by atoms with van der Waals surface area (Å²) >= 11 is 0. The van der Waals surface area contributed by atoms with Gasteiger partial charge in [0, 0.05) is 0 Å². The summed E-state index contributed by atoms with van der Waals surface area (Å²) in [7, 11) is 5.52. The molecule has 0 heterocycles. The van der Waals surface area contributed by atoms with Crippen LogP contribution in [0.2, 0.25) is 0 Å². The predicted octanol–water partition coefficient (Wildman–Crippen LogP) is -0.126. The van der Waals surface area contributed by atoms with Gasteiger partial charge in [-0.15, -0.1) is 0 Å². The van der Waals surface area contributed by atoms with E-state index in [1.807, 2.05) is 21.1 Å². The number of carbonyl (C=O) groups is 1. The maximum absolute atomic E-state index is 10.00. The summed E-state index contributed by atoms with van der Waals surface area (Å²) in [4.78, 5) is 10.00. The van der Waals surface area contributed by atoms with E-state index in [0.29, 0.717) is 4.48 Å². The number of likely N-dealkylation sites (N-methyl/N-ethyl adjacent to an activating group) is 1. The molecule has 0 fully saturated rings. The summed E-state index contributed by atoms with van der Waals surface area (Å²) in [5, 5.41) is 14.5. The lowest BCUT2D eigenvalue weighted by Crippen LogP contribution is -2.39. The van der Waals surface area contributed by atoms with Gasteiger partial charge in [-0.1, -0.05) is 0 Å². The average molecular weight is 144 g/mol. The molecule has 0 aromatic carbocycles. The largest absolute Gasteiger partial charge is 0.512 e. The Labute approximate surface area is 60.9 Å². The third kappa shape index (κ3) is 15.8. The second-order valence-corrected chi connectivity index (χ2v) is 2.84. The van der Waals surface area contributed by atoms with Gasteiger partial charge >= 0.3 is 5.97 Å². The van der Waals surface area contributed by atoms with Crippen molar-refractivity contribution in [1.82, 2.24) is 0 Å². The molecule has 0 spiro atoms. The molecule has 58 valence electrons. The summed E-state index contributed by atoms with van der Waals surface area (Å²) in [5.74, 6) is -0.752. The number of carboxylic acids is 1. The van der Waals surface area contributed by atoms with Crippen LogP contribution in [-0.4, -0.2) is 43.2 Å². The normalized spacial score (nSPS) is 9.30. The lowest BCUT2D eigenvalue weighted by molar-refractivity contribution is -0.862. The average Bonchev–Trinajstić information content (AvgIpc) is 1.64. The first-order chi connectivity index (χ1) is 4.42. The molecule has 0 amide bonds. The second-order valence-electron chi connectivity index (χ2n) is 2.84. The van der Waals surface area contributed by atoms with E-state index in [1.165, 1.54) is 0 Å². The number of nitrogens with zero attached hydrogens (tertiary/aromatic N) is 2. The molecule has 0 aliphatic rings. The highest BCUT2D eigenvalue weighted by atomic mass is 16.4. The van der Waals surface area contributed by atoms with Crippen LogP contribution in [0.4, 0.5) is 0 Å². The molecule has 0 rings (SSSR count). The van der Waals surface area contributed by atoms with Crippen LogP contribution in [-0.2, 0) is 4.79 Å². The minimum Gasteiger partial charge on any atom is -0.512 e. The molecule has 10 heavy (non-hydrogen) atoms. The Bertz CT molecular complexity index is 123. The van der Waals surface area contributed by atoms with Gasteiger partial charge in [-0.3, -0.25) is 0 Å². The Hall–Kier alpha value is -1.08. The van der Waals surface area contributed by atoms with E-state index in [9.17, 15) is 4.79 Å². The van der Waals surface area contributed by atoms with Gasteiger partial charge in [0.2, 0.25) is 0 Å². The SMILES string of the molecule is C[N+](C)(C)CC(=O)O.[C-]#N. The molecule has 1 N–H and O–H groups in total. The van der Waals surface area contributed by atoms with Crippen molar-refractivity contribution >= 4 is 5.97 Å². The van der Waals surface area contributed by atoms with Crippen molar-refractivity contribution in [2.45, 2.75) is 0 Å². The lowest BCUT2D eigenvalue weighted by Gasteiger charge is -2.20. The van der Waals surface area contributed by atoms with Gasteiger partial charge < -0.3 is 21.4 Å². The molecule has 0 bridgehead atoms. The Morgan fingerprint density at radius 3 is 1.80 bits per heavy atom. The first kappa shape index (κ1) is 11.7. The van der Waals surface area contributed by atoms with Crippen molar-refractivity contribution in [3.63, 3.8) is 0 Å². The van der Waals surface area contributed by atoms with E-state index >= 15 is 0 Å². The number of rotatable bonds is 2. The quantitative estimate of drug-likeness (QED) is 0.434. The van der Waals surface area contributed by atoms with E-state index in [2.05, 4.69) is 0 Å². The van der Waals surface area contributed by atoms with Crippen molar-refractivity contribution in [1.29, 1.82) is 5.26 Å². The summed E-state index contributed by atoms with van der Waals surface area (Å²) in [6.45, 7) is 4.93. The Morgan fingerprint density at radius 1 is 1.50 bits per heavy atom. The number of aliphatic carboxylic acids is 1. The van der Waals surface area contributed by atoms with Gasteiger partial charge in [0.05, 0.1) is 21.1 Å². The molecule has 4 nitrogen and oxygen atoms in total. The van der Waals surface area contributed by atoms with Crippen molar-refractivity contribution < 1.29 is 14.4 Å². The van der Waals surface area contributed by atoms with Crippen LogP contribution in [0.1, 0.15) is 0 Å². The molecule has 0 aliphatic heterocycles. The minimum atomic E-state index is -0.752. The summed E-state index contributed by atoms with van der Waals surface area (Å²) in [5.41, 5.74) is 0. The van der Waals surface area contributed by atoms with E-state index in [4.69, 9.17) is 16.9 Å². The number of quaternary nitrogens is 1. The van der Waals surface area contributed by atoms with Gasteiger partial charge in [0.25, 0.3) is 0 Å². The zero-order valence-electron chi connectivity index (χ0n) is 6.46. The highest BCUT2D eigenvalue weighted by molar-refractivity contribution is 5.67. The maximum atomic E-state index is 10.00. The molecule has 4 heteroatoms. The Morgan fingerprint density at radius 2 is 1.80 bits per heavy atom. The van der Waals surface area contributed by atoms with E-state index < -0.39 is 5.97 Å². The van der Waals surface area contributed by atoms with Crippen molar-refractivity contribution in [3.8, 4) is 0 Å². The van der Waals surface area contributed by atoms with Crippen LogP contribution >= 0.6 is 0 Å². The standard InChI is InChI=1S/C5H11NO2.CN/c1-6(2,3)4-5(7)8;1-2/h4H2,1-3H3;/q;-1/p+1. The van der Waals surface area contributed by atoms with E-state index in [-0.39, 0.29) is 6.54 Å². The van der Waals surface area contributed by atoms with Gasteiger partial charge in [-0.05, 0) is 0 Å². The minimum absolute atomic E-state index is 0.181. The van der Waals surface area contributed by atoms with Crippen molar-refractivity contribution in [2.24, 2.45) is 0 Å². The monoisotopic (exact) mass is 144 g/mol. The molecule has 0 saturated carbocycles. The van der Waals surface area contributed by atoms with E-state index in [0.717, 1.165) is 0 Å². The Balaban J connectivity index is 0. The van der Waals surface area contributed by atoms with Gasteiger partial charge in [-0.25, -0.2) is 4.79 Å². The van der Waals surface area contributed by atoms with Crippen LogP contribution in [0, 0.1) is 11.8 Å². The first-order valence-electron chi connectivity index (χ1n) is 2.66. The molecule has 0 atom stereocenters. The Kier molecular flexibility index (Phi) is 5.57. The first-order valence-corrected chi connectivity index (χ1v) is 2.66. The number of carboxylic acid groups (broad SMARTS) is 1. The second kappa shape index (κ2) is 4.77. The van der Waals surface area contributed by atoms with Crippen LogP contribution in [0.5, 0.6) is 0 Å². The molecule has 0 aromatic rings. The molecule has 0 aromatic heterocycles. The molecule has 0 radical (unpaired) electrons.